The summed E-state index contributed by atoms with van der Waals surface area (Å²) in [6, 6.07) is 8.84. The summed E-state index contributed by atoms with van der Waals surface area (Å²) in [5.74, 6) is 0.333. The van der Waals surface area contributed by atoms with Crippen LogP contribution in [0.4, 0.5) is 0 Å². The Labute approximate surface area is 135 Å². The van der Waals surface area contributed by atoms with Gasteiger partial charge in [0.15, 0.2) is 6.61 Å². The minimum absolute atomic E-state index is 0.0523. The smallest absolute Gasteiger partial charge is 0.260 e. The van der Waals surface area contributed by atoms with Gasteiger partial charge < -0.3 is 14.5 Å². The first kappa shape index (κ1) is 15.3. The molecular weight excluding hydrogens is 294 g/mol. The zero-order valence-corrected chi connectivity index (χ0v) is 13.1. The van der Waals surface area contributed by atoms with Crippen LogP contribution in [0.15, 0.2) is 24.3 Å². The van der Waals surface area contributed by atoms with Crippen LogP contribution in [0.2, 0.25) is 0 Å². The zero-order chi connectivity index (χ0) is 16.4. The molecule has 2 aliphatic heterocycles. The second-order valence-corrected chi connectivity index (χ2v) is 6.02. The number of carbonyl (C=O) groups excluding carboxylic acids is 2. The number of hydrogen-bond donors (Lipinski definition) is 0. The van der Waals surface area contributed by atoms with Gasteiger partial charge in [0.1, 0.15) is 11.8 Å². The lowest BCUT2D eigenvalue weighted by Crippen LogP contribution is -2.50. The van der Waals surface area contributed by atoms with E-state index in [0.29, 0.717) is 24.4 Å². The van der Waals surface area contributed by atoms with E-state index in [1.165, 1.54) is 0 Å². The summed E-state index contributed by atoms with van der Waals surface area (Å²) in [5.41, 5.74) is 0.410. The molecule has 2 heterocycles. The molecule has 2 saturated heterocycles. The predicted molar refractivity (Wildman–Crippen MR) is 82.5 cm³/mol. The van der Waals surface area contributed by atoms with E-state index in [9.17, 15) is 9.59 Å². The molecule has 6 heteroatoms. The number of rotatable bonds is 3. The minimum atomic E-state index is -0.129. The van der Waals surface area contributed by atoms with Crippen LogP contribution in [0.5, 0.6) is 5.75 Å². The molecule has 0 radical (unpaired) electrons. The van der Waals surface area contributed by atoms with Gasteiger partial charge in [0.05, 0.1) is 17.5 Å². The van der Waals surface area contributed by atoms with Crippen molar-refractivity contribution in [3.63, 3.8) is 0 Å². The van der Waals surface area contributed by atoms with E-state index in [2.05, 4.69) is 0 Å². The van der Waals surface area contributed by atoms with Crippen LogP contribution in [0.25, 0.3) is 0 Å². The van der Waals surface area contributed by atoms with E-state index >= 15 is 0 Å². The van der Waals surface area contributed by atoms with Crippen molar-refractivity contribution in [2.75, 3.05) is 26.7 Å². The first-order valence-corrected chi connectivity index (χ1v) is 7.78. The number of likely N-dealkylation sites (tertiary alicyclic amines) is 2. The second kappa shape index (κ2) is 6.29. The van der Waals surface area contributed by atoms with Crippen molar-refractivity contribution in [1.29, 1.82) is 5.26 Å². The van der Waals surface area contributed by atoms with Crippen LogP contribution in [-0.2, 0) is 9.59 Å². The fourth-order valence-electron chi connectivity index (χ4n) is 3.44. The second-order valence-electron chi connectivity index (χ2n) is 6.02. The van der Waals surface area contributed by atoms with Crippen LogP contribution in [-0.4, -0.2) is 54.4 Å². The number of carbonyl (C=O) groups is 2. The average molecular weight is 313 g/mol. The molecule has 2 amide bonds. The van der Waals surface area contributed by atoms with Gasteiger partial charge in [-0.05, 0) is 25.0 Å². The van der Waals surface area contributed by atoms with Gasteiger partial charge in [0.25, 0.3) is 5.91 Å². The molecule has 0 N–H and O–H groups in total. The Balaban J connectivity index is 1.66. The summed E-state index contributed by atoms with van der Waals surface area (Å²) in [5, 5.41) is 9.05. The maximum absolute atomic E-state index is 12.5. The summed E-state index contributed by atoms with van der Waals surface area (Å²) in [7, 11) is 1.78. The number of nitrogens with zero attached hydrogens (tertiary/aromatic N) is 3. The van der Waals surface area contributed by atoms with E-state index in [0.717, 1.165) is 12.8 Å². The van der Waals surface area contributed by atoms with E-state index in [-0.39, 0.29) is 30.4 Å². The van der Waals surface area contributed by atoms with Crippen molar-refractivity contribution in [3.8, 4) is 11.8 Å². The van der Waals surface area contributed by atoms with Gasteiger partial charge in [0, 0.05) is 20.1 Å². The first-order valence-electron chi connectivity index (χ1n) is 7.78. The normalized spacial score (nSPS) is 23.4. The largest absolute Gasteiger partial charge is 0.482 e. The SMILES string of the molecule is CN1C[C@@H]2[C@@H](CCCN2C(=O)COc2ccccc2C#N)C1=O. The summed E-state index contributed by atoms with van der Waals surface area (Å²) >= 11 is 0. The third-order valence-electron chi connectivity index (χ3n) is 4.61. The lowest BCUT2D eigenvalue weighted by atomic mass is 9.91. The van der Waals surface area contributed by atoms with Crippen LogP contribution in [0.1, 0.15) is 18.4 Å². The van der Waals surface area contributed by atoms with Crippen LogP contribution < -0.4 is 4.74 Å². The Morgan fingerprint density at radius 2 is 2.22 bits per heavy atom. The Bertz CT molecular complexity index is 667. The van der Waals surface area contributed by atoms with Crippen LogP contribution in [0, 0.1) is 17.2 Å². The number of ether oxygens (including phenoxy) is 1. The lowest BCUT2D eigenvalue weighted by Gasteiger charge is -2.35. The third-order valence-corrected chi connectivity index (χ3v) is 4.61. The fourth-order valence-corrected chi connectivity index (χ4v) is 3.44. The van der Waals surface area contributed by atoms with E-state index in [1.54, 1.807) is 41.1 Å². The maximum Gasteiger partial charge on any atom is 0.260 e. The predicted octanol–water partition coefficient (Wildman–Crippen LogP) is 1.02. The first-order chi connectivity index (χ1) is 11.1. The quantitative estimate of drug-likeness (QED) is 0.835. The zero-order valence-electron chi connectivity index (χ0n) is 13.1. The Morgan fingerprint density at radius 3 is 3.00 bits per heavy atom. The molecule has 0 aromatic heterocycles. The molecule has 3 rings (SSSR count). The molecule has 2 fully saturated rings. The number of amides is 2. The molecule has 2 atom stereocenters. The molecule has 0 aliphatic carbocycles. The van der Waals surface area contributed by atoms with E-state index in [1.807, 2.05) is 6.07 Å². The van der Waals surface area contributed by atoms with E-state index in [4.69, 9.17) is 10.00 Å². The van der Waals surface area contributed by atoms with Gasteiger partial charge in [-0.15, -0.1) is 0 Å². The number of hydrogen-bond acceptors (Lipinski definition) is 4. The Hall–Kier alpha value is -2.55. The highest BCUT2D eigenvalue weighted by molar-refractivity contribution is 5.85. The number of piperidine rings is 1. The molecule has 6 nitrogen and oxygen atoms in total. The number of nitriles is 1. The van der Waals surface area contributed by atoms with Gasteiger partial charge in [-0.1, -0.05) is 12.1 Å². The van der Waals surface area contributed by atoms with Crippen molar-refractivity contribution in [2.45, 2.75) is 18.9 Å². The molecule has 0 saturated carbocycles. The van der Waals surface area contributed by atoms with Crippen molar-refractivity contribution < 1.29 is 14.3 Å². The van der Waals surface area contributed by atoms with E-state index < -0.39 is 0 Å². The van der Waals surface area contributed by atoms with Crippen LogP contribution in [0.3, 0.4) is 0 Å². The molecule has 0 spiro atoms. The standard InChI is InChI=1S/C17H19N3O3/c1-19-10-14-13(17(19)22)6-4-8-20(14)16(21)11-23-15-7-3-2-5-12(15)9-18/h2-3,5,7,13-14H,4,6,8,10-11H2,1H3/t13-,14-/m1/s1. The topological polar surface area (TPSA) is 73.6 Å². The molecular formula is C17H19N3O3. The molecule has 0 bridgehead atoms. The highest BCUT2D eigenvalue weighted by Crippen LogP contribution is 2.31. The monoisotopic (exact) mass is 313 g/mol. The molecule has 23 heavy (non-hydrogen) atoms. The van der Waals surface area contributed by atoms with Crippen molar-refractivity contribution in [2.24, 2.45) is 5.92 Å². The van der Waals surface area contributed by atoms with Crippen molar-refractivity contribution in [3.05, 3.63) is 29.8 Å². The van der Waals surface area contributed by atoms with Crippen LogP contribution >= 0.6 is 0 Å². The number of likely N-dealkylation sites (N-methyl/N-ethyl adjacent to an activating group) is 1. The molecule has 2 aliphatic rings. The molecule has 0 unspecified atom stereocenters. The van der Waals surface area contributed by atoms with Gasteiger partial charge >= 0.3 is 0 Å². The van der Waals surface area contributed by atoms with Crippen molar-refractivity contribution >= 4 is 11.8 Å². The lowest BCUT2D eigenvalue weighted by molar-refractivity contribution is -0.139. The summed E-state index contributed by atoms with van der Waals surface area (Å²) in [6.45, 7) is 1.13. The molecule has 1 aromatic rings. The number of benzene rings is 1. The van der Waals surface area contributed by atoms with Crippen molar-refractivity contribution in [1.82, 2.24) is 9.80 Å². The van der Waals surface area contributed by atoms with Gasteiger partial charge in [-0.25, -0.2) is 0 Å². The summed E-state index contributed by atoms with van der Waals surface area (Å²) in [4.78, 5) is 28.1. The number of para-hydroxylation sites is 1. The highest BCUT2D eigenvalue weighted by Gasteiger charge is 2.45. The Morgan fingerprint density at radius 1 is 1.43 bits per heavy atom. The third kappa shape index (κ3) is 2.87. The number of fused-ring (bicyclic) bond motifs is 1. The van der Waals surface area contributed by atoms with Gasteiger partial charge in [-0.3, -0.25) is 9.59 Å². The minimum Gasteiger partial charge on any atom is -0.482 e. The summed E-state index contributed by atoms with van der Waals surface area (Å²) < 4.78 is 5.53. The highest BCUT2D eigenvalue weighted by atomic mass is 16.5. The average Bonchev–Trinajstić information content (AvgIpc) is 2.87. The molecule has 120 valence electrons. The fraction of sp³-hybridized carbons (Fsp3) is 0.471. The summed E-state index contributed by atoms with van der Waals surface area (Å²) in [6.07, 6.45) is 1.68. The Kier molecular flexibility index (Phi) is 4.20. The maximum atomic E-state index is 12.5. The van der Waals surface area contributed by atoms with Gasteiger partial charge in [-0.2, -0.15) is 5.26 Å². The van der Waals surface area contributed by atoms with Gasteiger partial charge in [0.2, 0.25) is 5.91 Å². The molecule has 1 aromatic carbocycles.